The first-order chi connectivity index (χ1) is 30.2. The van der Waals surface area contributed by atoms with Crippen LogP contribution in [0.4, 0.5) is 5.69 Å². The number of esters is 3. The Morgan fingerprint density at radius 2 is 1.64 bits per heavy atom. The molecule has 64 heavy (non-hydrogen) atoms. The molecule has 3 fully saturated rings. The number of likely N-dealkylation sites (N-methyl/N-ethyl adjacent to an activating group) is 1. The summed E-state index contributed by atoms with van der Waals surface area (Å²) in [4.78, 5) is 53.2. The highest BCUT2D eigenvalue weighted by Crippen LogP contribution is 2.68. The number of rotatable bonds is 7. The first-order valence-corrected chi connectivity index (χ1v) is 23.3. The number of anilines is 1. The molecule has 6 heterocycles. The first kappa shape index (κ1) is 46.0. The zero-order valence-corrected chi connectivity index (χ0v) is 38.2. The molecular weight excluding hydrogens is 849 g/mol. The molecule has 18 heteroatoms. The van der Waals surface area contributed by atoms with Gasteiger partial charge in [0.1, 0.15) is 11.2 Å². The van der Waals surface area contributed by atoms with Crippen molar-refractivity contribution in [3.8, 4) is 5.75 Å². The molecule has 0 radical (unpaired) electrons. The smallest absolute Gasteiger partial charge is 0.394 e. The predicted molar refractivity (Wildman–Crippen MR) is 235 cm³/mol. The Balaban J connectivity index is 0.00000106. The highest BCUT2D eigenvalue weighted by Gasteiger charge is 2.80. The van der Waals surface area contributed by atoms with Crippen molar-refractivity contribution in [2.45, 2.75) is 99.5 Å². The number of benzene rings is 2. The summed E-state index contributed by atoms with van der Waals surface area (Å²) in [6.45, 7) is 8.62. The summed E-state index contributed by atoms with van der Waals surface area (Å²) in [6.07, 6.45) is 5.94. The summed E-state index contributed by atoms with van der Waals surface area (Å²) in [6, 6.07) is 11.0. The molecule has 1 aliphatic carbocycles. The van der Waals surface area contributed by atoms with Gasteiger partial charge >= 0.3 is 28.3 Å². The average Bonchev–Trinajstić information content (AvgIpc) is 3.92. The van der Waals surface area contributed by atoms with Gasteiger partial charge in [-0.15, -0.1) is 0 Å². The van der Waals surface area contributed by atoms with E-state index in [1.807, 2.05) is 50.1 Å². The van der Waals surface area contributed by atoms with Crippen molar-refractivity contribution in [1.29, 1.82) is 0 Å². The quantitative estimate of drug-likeness (QED) is 0.0992. The van der Waals surface area contributed by atoms with Crippen LogP contribution in [-0.2, 0) is 56.2 Å². The minimum absolute atomic E-state index is 0.0986. The standard InChI is InChI=1S/C46H58N4O9.H2O4S/c1-8-42(54)23-28-24-45(40(52)57-6,36-30(15-19-49(25-28)26-42)29-13-10-11-14-33(29)47-36)32-21-31-34(22-35(32)56-5)48(4)38-44(31)17-20-50-18-12-16-43(9-2,37(44)50)39(59-27(3)51)46(38,55)41(53)58-7;1-5(2,3)4/h10-14,16,21-22,28,37-39,47,54-55H,8-9,15,17-20,23-26H2,1-7H3;(H2,1,2,3,4)/t28-,37-,38+,39+,42-,43+,44?,45-,46-;/m0./s1. The molecule has 2 saturated heterocycles. The fourth-order valence-electron chi connectivity index (χ4n) is 13.5. The summed E-state index contributed by atoms with van der Waals surface area (Å²) in [5, 5.41) is 26.3. The van der Waals surface area contributed by atoms with Gasteiger partial charge in [0.15, 0.2) is 6.10 Å². The number of piperidine rings is 1. The van der Waals surface area contributed by atoms with E-state index < -0.39 is 67.9 Å². The van der Waals surface area contributed by atoms with Crippen LogP contribution in [0.1, 0.15) is 75.3 Å². The molecule has 17 nitrogen and oxygen atoms in total. The molecular formula is C46H60N4O13S. The maximum absolute atomic E-state index is 15.3. The number of carbonyl (C=O) groups is 3. The van der Waals surface area contributed by atoms with E-state index >= 15 is 4.79 Å². The second-order valence-corrected chi connectivity index (χ2v) is 19.5. The second-order valence-electron chi connectivity index (χ2n) is 18.7. The largest absolute Gasteiger partial charge is 0.496 e. The summed E-state index contributed by atoms with van der Waals surface area (Å²) in [7, 11) is 1.49. The lowest BCUT2D eigenvalue weighted by Crippen LogP contribution is -2.81. The van der Waals surface area contributed by atoms with E-state index in [1.165, 1.54) is 21.1 Å². The Morgan fingerprint density at radius 3 is 2.28 bits per heavy atom. The van der Waals surface area contributed by atoms with Crippen LogP contribution in [0.3, 0.4) is 0 Å². The Morgan fingerprint density at radius 1 is 0.938 bits per heavy atom. The van der Waals surface area contributed by atoms with Crippen molar-refractivity contribution in [1.82, 2.24) is 14.8 Å². The zero-order valence-electron chi connectivity index (χ0n) is 37.4. The van der Waals surface area contributed by atoms with Crippen LogP contribution in [-0.4, -0.2) is 151 Å². The van der Waals surface area contributed by atoms with E-state index in [0.717, 1.165) is 33.4 Å². The number of nitrogens with one attached hydrogen (secondary N) is 1. The summed E-state index contributed by atoms with van der Waals surface area (Å²) < 4.78 is 55.5. The molecule has 2 aromatic carbocycles. The van der Waals surface area contributed by atoms with Crippen LogP contribution in [0.25, 0.3) is 10.9 Å². The third kappa shape index (κ3) is 6.69. The Kier molecular flexibility index (Phi) is 11.6. The van der Waals surface area contributed by atoms with E-state index in [1.54, 1.807) is 7.11 Å². The molecule has 0 amide bonds. The second kappa shape index (κ2) is 16.1. The van der Waals surface area contributed by atoms with E-state index in [9.17, 15) is 19.8 Å². The number of carbonyl (C=O) groups excluding carboxylic acids is 3. The lowest BCUT2D eigenvalue weighted by molar-refractivity contribution is -0.228. The van der Waals surface area contributed by atoms with Crippen molar-refractivity contribution in [2.75, 3.05) is 66.0 Å². The minimum atomic E-state index is -4.67. The van der Waals surface area contributed by atoms with Crippen molar-refractivity contribution >= 4 is 44.9 Å². The lowest BCUT2D eigenvalue weighted by Gasteiger charge is -2.63. The monoisotopic (exact) mass is 908 g/mol. The van der Waals surface area contributed by atoms with Gasteiger partial charge in [0.25, 0.3) is 0 Å². The zero-order chi connectivity index (χ0) is 46.4. The maximum atomic E-state index is 15.3. The number of hydrogen-bond acceptors (Lipinski definition) is 14. The van der Waals surface area contributed by atoms with Gasteiger partial charge in [0.2, 0.25) is 5.60 Å². The van der Waals surface area contributed by atoms with Gasteiger partial charge in [-0.2, -0.15) is 8.42 Å². The molecule has 10 atom stereocenters. The molecule has 9 rings (SSSR count). The number of aliphatic hydroxyl groups is 2. The van der Waals surface area contributed by atoms with E-state index in [0.29, 0.717) is 82.6 Å². The summed E-state index contributed by atoms with van der Waals surface area (Å²) in [5.74, 6) is -1.56. The number of para-hydroxylation sites is 1. The molecule has 2 bridgehead atoms. The van der Waals surface area contributed by atoms with Gasteiger partial charge < -0.3 is 39.0 Å². The van der Waals surface area contributed by atoms with E-state index in [4.69, 9.17) is 36.5 Å². The molecule has 348 valence electrons. The average molecular weight is 909 g/mol. The van der Waals surface area contributed by atoms with Crippen LogP contribution in [0.5, 0.6) is 5.75 Å². The number of nitrogens with zero attached hydrogens (tertiary/aromatic N) is 3. The van der Waals surface area contributed by atoms with Crippen molar-refractivity contribution in [3.05, 3.63) is 70.9 Å². The van der Waals surface area contributed by atoms with Crippen LogP contribution in [0.2, 0.25) is 0 Å². The first-order valence-electron chi connectivity index (χ1n) is 21.9. The van der Waals surface area contributed by atoms with Crippen LogP contribution < -0.4 is 9.64 Å². The van der Waals surface area contributed by atoms with Crippen LogP contribution in [0.15, 0.2) is 48.6 Å². The third-order valence-electron chi connectivity index (χ3n) is 15.6. The number of fused-ring (bicyclic) bond motifs is 6. The number of methoxy groups -OCH3 is 3. The highest BCUT2D eigenvalue weighted by molar-refractivity contribution is 7.79. The lowest BCUT2D eigenvalue weighted by atomic mass is 9.47. The Labute approximate surface area is 373 Å². The van der Waals surface area contributed by atoms with Gasteiger partial charge in [-0.25, -0.2) is 4.79 Å². The van der Waals surface area contributed by atoms with Crippen molar-refractivity contribution < 1.29 is 61.1 Å². The van der Waals surface area contributed by atoms with Crippen molar-refractivity contribution in [3.63, 3.8) is 0 Å². The molecule has 2 unspecified atom stereocenters. The maximum Gasteiger partial charge on any atom is 0.394 e. The minimum Gasteiger partial charge on any atom is -0.496 e. The SMILES string of the molecule is CC[C@]1(O)C[C@@H]2CN(CCc3c([nH]c4ccccc34)[C@@](C(=O)OC)(c3cc4c(cc3OC)N(C)[C@@H]3C45CCN4CC=C[C@](CC)([C@H]45)[C@@H](OC(C)=O)[C@]3(O)C(=O)OC)C2)C1.O=S(=O)(O)O. The van der Waals surface area contributed by atoms with Crippen LogP contribution >= 0.6 is 0 Å². The molecule has 1 aromatic heterocycles. The van der Waals surface area contributed by atoms with Gasteiger partial charge in [0, 0.05) is 90.9 Å². The topological polar surface area (TPSA) is 229 Å². The normalized spacial score (nSPS) is 35.0. The number of H-pyrrole nitrogens is 1. The third-order valence-corrected chi connectivity index (χ3v) is 15.6. The molecule has 3 aromatic rings. The number of hydrogen-bond donors (Lipinski definition) is 5. The van der Waals surface area contributed by atoms with E-state index in [2.05, 4.69) is 39.1 Å². The number of aromatic nitrogens is 1. The number of aromatic amines is 1. The summed E-state index contributed by atoms with van der Waals surface area (Å²) >= 11 is 0. The Hall–Kier alpha value is -4.56. The van der Waals surface area contributed by atoms with Gasteiger partial charge in [-0.1, -0.05) is 44.2 Å². The van der Waals surface area contributed by atoms with Gasteiger partial charge in [-0.3, -0.25) is 28.5 Å². The predicted octanol–water partition coefficient (Wildman–Crippen LogP) is 3.34. The van der Waals surface area contributed by atoms with Crippen LogP contribution in [0, 0.1) is 11.3 Å². The fraction of sp³-hybridized carbons (Fsp3) is 0.587. The fourth-order valence-corrected chi connectivity index (χ4v) is 13.5. The molecule has 1 spiro atoms. The van der Waals surface area contributed by atoms with Gasteiger partial charge in [0.05, 0.1) is 33.0 Å². The molecule has 1 saturated carbocycles. The Bertz CT molecular complexity index is 2500. The molecule has 5 aliphatic heterocycles. The van der Waals surface area contributed by atoms with Gasteiger partial charge in [-0.05, 0) is 74.2 Å². The highest BCUT2D eigenvalue weighted by atomic mass is 32.3. The molecule has 6 aliphatic rings. The summed E-state index contributed by atoms with van der Waals surface area (Å²) in [5.41, 5.74) is -1.62. The number of ether oxygens (including phenoxy) is 4. The van der Waals surface area contributed by atoms with Crippen molar-refractivity contribution in [2.24, 2.45) is 11.3 Å². The molecule has 5 N–H and O–H groups in total. The van der Waals surface area contributed by atoms with E-state index in [-0.39, 0.29) is 12.0 Å².